The van der Waals surface area contributed by atoms with E-state index in [-0.39, 0.29) is 11.5 Å². The summed E-state index contributed by atoms with van der Waals surface area (Å²) in [6.45, 7) is 5.52. The van der Waals surface area contributed by atoms with E-state index < -0.39 is 0 Å². The van der Waals surface area contributed by atoms with Gasteiger partial charge in [-0.1, -0.05) is 26.2 Å². The summed E-state index contributed by atoms with van der Waals surface area (Å²) in [5, 5.41) is 7.68. The number of nitrogens with two attached hydrogens (primary N) is 1. The minimum absolute atomic E-state index is 0.185. The number of anilines is 1. The van der Waals surface area contributed by atoms with Crippen LogP contribution >= 0.6 is 0 Å². The molecule has 2 heterocycles. The van der Waals surface area contributed by atoms with Gasteiger partial charge in [-0.3, -0.25) is 5.10 Å². The Morgan fingerprint density at radius 2 is 2.00 bits per heavy atom. The zero-order chi connectivity index (χ0) is 14.2. The lowest BCUT2D eigenvalue weighted by molar-refractivity contribution is 0.304. The van der Waals surface area contributed by atoms with Crippen molar-refractivity contribution in [1.29, 1.82) is 0 Å². The van der Waals surface area contributed by atoms with Crippen molar-refractivity contribution in [3.05, 3.63) is 5.82 Å². The molecule has 2 atom stereocenters. The Hall–Kier alpha value is -1.10. The van der Waals surface area contributed by atoms with Crippen LogP contribution in [0.15, 0.2) is 0 Å². The number of nitrogens with one attached hydrogen (secondary N) is 1. The van der Waals surface area contributed by atoms with Gasteiger partial charge >= 0.3 is 0 Å². The Morgan fingerprint density at radius 1 is 1.25 bits per heavy atom. The van der Waals surface area contributed by atoms with Crippen LogP contribution in [0.4, 0.5) is 5.95 Å². The summed E-state index contributed by atoms with van der Waals surface area (Å²) in [7, 11) is 0. The normalized spacial score (nSPS) is 30.4. The third-order valence-electron chi connectivity index (χ3n) is 5.31. The molecule has 1 saturated carbocycles. The second kappa shape index (κ2) is 5.35. The summed E-state index contributed by atoms with van der Waals surface area (Å²) < 4.78 is 0. The first-order valence-corrected chi connectivity index (χ1v) is 8.05. The molecular weight excluding hydrogens is 250 g/mol. The maximum absolute atomic E-state index is 6.17. The summed E-state index contributed by atoms with van der Waals surface area (Å²) in [6.07, 6.45) is 8.64. The lowest BCUT2D eigenvalue weighted by Gasteiger charge is -2.37. The zero-order valence-electron chi connectivity index (χ0n) is 12.7. The molecule has 0 aromatic carbocycles. The number of aromatic nitrogens is 3. The van der Waals surface area contributed by atoms with Crippen LogP contribution in [0.25, 0.3) is 0 Å². The molecule has 0 amide bonds. The predicted octanol–water partition coefficient (Wildman–Crippen LogP) is 2.34. The lowest BCUT2D eigenvalue weighted by Crippen LogP contribution is -2.51. The highest BCUT2D eigenvalue weighted by molar-refractivity contribution is 5.33. The largest absolute Gasteiger partial charge is 0.335 e. The minimum atomic E-state index is 0.185. The summed E-state index contributed by atoms with van der Waals surface area (Å²) >= 11 is 0. The van der Waals surface area contributed by atoms with Gasteiger partial charge in [-0.2, -0.15) is 4.98 Å². The Morgan fingerprint density at radius 3 is 2.75 bits per heavy atom. The van der Waals surface area contributed by atoms with Crippen molar-refractivity contribution in [2.45, 2.75) is 76.3 Å². The van der Waals surface area contributed by atoms with Crippen LogP contribution in [0.1, 0.15) is 64.6 Å². The number of nitrogens with zero attached hydrogens (tertiary/aromatic N) is 3. The summed E-state index contributed by atoms with van der Waals surface area (Å²) in [5.41, 5.74) is 6.36. The molecule has 0 radical (unpaired) electrons. The maximum atomic E-state index is 6.17. The second-order valence-corrected chi connectivity index (χ2v) is 6.85. The van der Waals surface area contributed by atoms with Crippen LogP contribution in [0, 0.1) is 0 Å². The molecule has 2 aliphatic rings. The number of piperidine rings is 1. The van der Waals surface area contributed by atoms with Gasteiger partial charge in [-0.15, -0.1) is 5.10 Å². The fourth-order valence-electron chi connectivity index (χ4n) is 3.68. The quantitative estimate of drug-likeness (QED) is 0.870. The second-order valence-electron chi connectivity index (χ2n) is 6.85. The van der Waals surface area contributed by atoms with E-state index in [2.05, 4.69) is 28.9 Å². The SMILES string of the molecule is CC1C(N)CCCN1c1n[nH]c(C2(C)CCCCC2)n1. The van der Waals surface area contributed by atoms with E-state index >= 15 is 0 Å². The molecule has 20 heavy (non-hydrogen) atoms. The zero-order valence-corrected chi connectivity index (χ0v) is 12.7. The van der Waals surface area contributed by atoms with Gasteiger partial charge in [0.1, 0.15) is 5.82 Å². The first-order valence-electron chi connectivity index (χ1n) is 8.05. The number of aromatic amines is 1. The Bertz CT molecular complexity index is 449. The molecule has 2 fully saturated rings. The van der Waals surface area contributed by atoms with Gasteiger partial charge in [0.2, 0.25) is 5.95 Å². The van der Waals surface area contributed by atoms with Gasteiger partial charge in [0.15, 0.2) is 0 Å². The molecule has 0 spiro atoms. The molecule has 3 rings (SSSR count). The van der Waals surface area contributed by atoms with E-state index in [1.54, 1.807) is 0 Å². The van der Waals surface area contributed by atoms with Crippen molar-refractivity contribution in [1.82, 2.24) is 15.2 Å². The highest BCUT2D eigenvalue weighted by Gasteiger charge is 2.34. The minimum Gasteiger partial charge on any atom is -0.335 e. The first kappa shape index (κ1) is 13.9. The fourth-order valence-corrected chi connectivity index (χ4v) is 3.68. The molecular formula is C15H27N5. The average Bonchev–Trinajstić information content (AvgIpc) is 2.93. The van der Waals surface area contributed by atoms with Crippen LogP contribution < -0.4 is 10.6 Å². The van der Waals surface area contributed by atoms with Gasteiger partial charge in [-0.25, -0.2) is 0 Å². The van der Waals surface area contributed by atoms with Crippen molar-refractivity contribution in [2.24, 2.45) is 5.73 Å². The Labute approximate surface area is 121 Å². The van der Waals surface area contributed by atoms with Crippen molar-refractivity contribution >= 4 is 5.95 Å². The molecule has 0 bridgehead atoms. The number of hydrogen-bond acceptors (Lipinski definition) is 4. The van der Waals surface area contributed by atoms with Crippen LogP contribution in [0.2, 0.25) is 0 Å². The fraction of sp³-hybridized carbons (Fsp3) is 0.867. The summed E-state index contributed by atoms with van der Waals surface area (Å²) in [6, 6.07) is 0.558. The van der Waals surface area contributed by atoms with Crippen molar-refractivity contribution in [2.75, 3.05) is 11.4 Å². The van der Waals surface area contributed by atoms with Crippen LogP contribution in [-0.2, 0) is 5.41 Å². The van der Waals surface area contributed by atoms with E-state index in [9.17, 15) is 0 Å². The number of H-pyrrole nitrogens is 1. The predicted molar refractivity (Wildman–Crippen MR) is 80.8 cm³/mol. The van der Waals surface area contributed by atoms with Gasteiger partial charge in [0.05, 0.1) is 0 Å². The summed E-state index contributed by atoms with van der Waals surface area (Å²) in [5.74, 6) is 1.91. The topological polar surface area (TPSA) is 70.8 Å². The first-order chi connectivity index (χ1) is 9.60. The molecule has 5 nitrogen and oxygen atoms in total. The van der Waals surface area contributed by atoms with Gasteiger partial charge < -0.3 is 10.6 Å². The lowest BCUT2D eigenvalue weighted by atomic mass is 9.75. The smallest absolute Gasteiger partial charge is 0.245 e. The molecule has 2 unspecified atom stereocenters. The van der Waals surface area contributed by atoms with Crippen molar-refractivity contribution < 1.29 is 0 Å². The number of hydrogen-bond donors (Lipinski definition) is 2. The standard InChI is InChI=1S/C15H27N5/c1-11-12(16)7-6-10-20(11)14-17-13(18-19-14)15(2)8-4-3-5-9-15/h11-12H,3-10,16H2,1-2H3,(H,17,18,19). The van der Waals surface area contributed by atoms with E-state index in [1.807, 2.05) is 0 Å². The molecule has 3 N–H and O–H groups in total. The summed E-state index contributed by atoms with van der Waals surface area (Å²) in [4.78, 5) is 7.08. The average molecular weight is 277 g/mol. The van der Waals surface area contributed by atoms with Gasteiger partial charge in [0, 0.05) is 24.0 Å². The van der Waals surface area contributed by atoms with Crippen molar-refractivity contribution in [3.8, 4) is 0 Å². The monoisotopic (exact) mass is 277 g/mol. The Balaban J connectivity index is 1.79. The van der Waals surface area contributed by atoms with E-state index in [0.29, 0.717) is 6.04 Å². The third kappa shape index (κ3) is 2.43. The molecule has 1 aromatic rings. The van der Waals surface area contributed by atoms with Crippen LogP contribution in [0.3, 0.4) is 0 Å². The van der Waals surface area contributed by atoms with Gasteiger partial charge in [-0.05, 0) is 32.6 Å². The maximum Gasteiger partial charge on any atom is 0.245 e. The third-order valence-corrected chi connectivity index (χ3v) is 5.31. The van der Waals surface area contributed by atoms with Crippen molar-refractivity contribution in [3.63, 3.8) is 0 Å². The molecule has 112 valence electrons. The van der Waals surface area contributed by atoms with E-state index in [4.69, 9.17) is 10.7 Å². The number of rotatable bonds is 2. The highest BCUT2D eigenvalue weighted by atomic mass is 15.4. The highest BCUT2D eigenvalue weighted by Crippen LogP contribution is 2.37. The van der Waals surface area contributed by atoms with Gasteiger partial charge in [0.25, 0.3) is 0 Å². The van der Waals surface area contributed by atoms with E-state index in [1.165, 1.54) is 32.1 Å². The van der Waals surface area contributed by atoms with Crippen LogP contribution in [-0.4, -0.2) is 33.8 Å². The Kier molecular flexibility index (Phi) is 3.71. The molecule has 5 heteroatoms. The molecule has 1 aliphatic heterocycles. The molecule has 1 aromatic heterocycles. The molecule has 1 aliphatic carbocycles. The van der Waals surface area contributed by atoms with Crippen LogP contribution in [0.5, 0.6) is 0 Å². The molecule has 1 saturated heterocycles. The van der Waals surface area contributed by atoms with E-state index in [0.717, 1.165) is 31.2 Å².